The lowest BCUT2D eigenvalue weighted by atomic mass is 9.81. The van der Waals surface area contributed by atoms with Gasteiger partial charge in [0.2, 0.25) is 23.8 Å². The Balaban J connectivity index is 0.000000324. The standard InChI is InChI=1S/C31H26N8O11S3.C15H22N2O5S2.C2H6/c1-2-33-29-37-30(35-15-6-5-7-17(12-15)51(42,43)44)39-31(38-29)36-20-11-10-16(13-22(20)52(45,46)47)34-21-14-23(53(48,49)50)26(32)25-24(21)27(40)18-8-3-4-9-19(18)28(25)41;18-10-23-24-22-8-7-16-15(21)12-3-1-11(2-4-12)9-17-13(19)5-6-14(17)20;1-2/h3-14,34H,2,32H2,1H3,(H,42,43,44)(H,45,46,47)(H,48,49,50)(H3,33,35,36,37,38,39);5-6,11-12,18H,1-4,7-10H2,(H,16,21);1-2H3. The molecule has 2 aliphatic carbocycles. The Morgan fingerprint density at radius 1 is 0.709 bits per heavy atom. The third-order valence-corrected chi connectivity index (χ3v) is 15.8. The van der Waals surface area contributed by atoms with Crippen molar-refractivity contribution in [2.75, 3.05) is 59.2 Å². The van der Waals surface area contributed by atoms with E-state index in [1.165, 1.54) is 76.4 Å². The van der Waals surface area contributed by atoms with Gasteiger partial charge in [0.15, 0.2) is 11.6 Å². The maximum atomic E-state index is 13.7. The molecule has 422 valence electrons. The normalized spacial score (nSPS) is 15.9. The maximum Gasteiger partial charge on any atom is 0.296 e. The Hall–Kier alpha value is -7.07. The molecular weight excluding hydrogens is 1130 g/mol. The number of hydrogen-bond donors (Lipinski definition) is 10. The molecule has 1 fully saturated rings. The number of carbonyl (C=O) groups is 5. The number of nitrogens with two attached hydrogens (primary N) is 1. The molecule has 0 atom stereocenters. The van der Waals surface area contributed by atoms with Crippen molar-refractivity contribution in [2.24, 2.45) is 11.8 Å². The first-order valence-corrected chi connectivity index (χ1v) is 30.5. The van der Waals surface area contributed by atoms with Gasteiger partial charge in [-0.05, 0) is 91.8 Å². The van der Waals surface area contributed by atoms with Crippen molar-refractivity contribution in [3.8, 4) is 0 Å². The van der Waals surface area contributed by atoms with Gasteiger partial charge < -0.3 is 41.6 Å². The van der Waals surface area contributed by atoms with Crippen LogP contribution in [0.2, 0.25) is 0 Å². The lowest BCUT2D eigenvalue weighted by molar-refractivity contribution is -0.138. The highest BCUT2D eigenvalue weighted by molar-refractivity contribution is 8.74. The van der Waals surface area contributed by atoms with Crippen LogP contribution in [0.5, 0.6) is 0 Å². The molecular formula is C48H54N10O16S5. The van der Waals surface area contributed by atoms with Crippen LogP contribution in [0, 0.1) is 11.8 Å². The largest absolute Gasteiger partial charge is 0.397 e. The van der Waals surface area contributed by atoms with Gasteiger partial charge in [0.1, 0.15) is 15.7 Å². The average molecular weight is 1190 g/mol. The Labute approximate surface area is 462 Å². The number of nitrogens with one attached hydrogen (secondary N) is 5. The summed E-state index contributed by atoms with van der Waals surface area (Å²) >= 11 is 1.11. The lowest BCUT2D eigenvalue weighted by Gasteiger charge is -2.30. The highest BCUT2D eigenvalue weighted by Gasteiger charge is 2.37. The topological polar surface area (TPSA) is 406 Å². The number of aromatic nitrogens is 3. The van der Waals surface area contributed by atoms with Crippen LogP contribution in [0.3, 0.4) is 0 Å². The van der Waals surface area contributed by atoms with Gasteiger partial charge >= 0.3 is 0 Å². The number of nitrogens with zero attached hydrogens (tertiary/aromatic N) is 4. The molecule has 2 heterocycles. The molecule has 0 spiro atoms. The van der Waals surface area contributed by atoms with Crippen molar-refractivity contribution < 1.29 is 72.2 Å². The van der Waals surface area contributed by atoms with Crippen LogP contribution in [0.25, 0.3) is 0 Å². The molecule has 26 nitrogen and oxygen atoms in total. The predicted molar refractivity (Wildman–Crippen MR) is 294 cm³/mol. The summed E-state index contributed by atoms with van der Waals surface area (Å²) in [5, 5.41) is 22.4. The number of hydrogen-bond acceptors (Lipinski definition) is 23. The number of aliphatic hydroxyl groups is 1. The highest BCUT2D eigenvalue weighted by Crippen LogP contribution is 2.41. The van der Waals surface area contributed by atoms with Gasteiger partial charge in [-0.1, -0.05) is 44.2 Å². The van der Waals surface area contributed by atoms with E-state index in [1.54, 1.807) is 6.92 Å². The molecule has 8 rings (SSSR count). The monoisotopic (exact) mass is 1190 g/mol. The summed E-state index contributed by atoms with van der Waals surface area (Å²) in [7, 11) is -13.4. The Morgan fingerprint density at radius 2 is 1.30 bits per heavy atom. The van der Waals surface area contributed by atoms with Gasteiger partial charge in [0.05, 0.1) is 50.8 Å². The highest BCUT2D eigenvalue weighted by atomic mass is 33.1. The smallest absolute Gasteiger partial charge is 0.296 e. The van der Waals surface area contributed by atoms with E-state index in [0.29, 0.717) is 26.2 Å². The fraction of sp³-hybridized carbons (Fsp3) is 0.292. The van der Waals surface area contributed by atoms with Crippen molar-refractivity contribution in [1.82, 2.24) is 25.2 Å². The van der Waals surface area contributed by atoms with Crippen molar-refractivity contribution in [2.45, 2.75) is 61.1 Å². The number of carbonyl (C=O) groups excluding carboxylic acids is 5. The van der Waals surface area contributed by atoms with E-state index in [9.17, 15) is 62.9 Å². The van der Waals surface area contributed by atoms with E-state index in [1.807, 2.05) is 13.8 Å². The Kier molecular flexibility index (Phi) is 20.7. The van der Waals surface area contributed by atoms with E-state index in [0.717, 1.165) is 61.0 Å². The summed E-state index contributed by atoms with van der Waals surface area (Å²) < 4.78 is 108. The van der Waals surface area contributed by atoms with Crippen molar-refractivity contribution in [1.29, 1.82) is 0 Å². The minimum absolute atomic E-state index is 0.00585. The molecule has 1 saturated carbocycles. The third-order valence-electron chi connectivity index (χ3n) is 11.8. The number of rotatable bonds is 20. The second-order valence-electron chi connectivity index (χ2n) is 16.9. The molecule has 79 heavy (non-hydrogen) atoms. The molecule has 0 unspecified atom stereocenters. The quantitative estimate of drug-likeness (QED) is 0.00826. The fourth-order valence-electron chi connectivity index (χ4n) is 8.31. The van der Waals surface area contributed by atoms with Gasteiger partial charge in [-0.3, -0.25) is 42.5 Å². The van der Waals surface area contributed by atoms with Crippen molar-refractivity contribution in [3.63, 3.8) is 0 Å². The minimum Gasteiger partial charge on any atom is -0.397 e. The first-order valence-electron chi connectivity index (χ1n) is 23.9. The molecule has 0 saturated heterocycles. The third kappa shape index (κ3) is 15.6. The number of ketones is 2. The van der Waals surface area contributed by atoms with Gasteiger partial charge in [-0.2, -0.15) is 40.2 Å². The number of fused-ring (bicyclic) bond motifs is 2. The molecule has 5 aromatic rings. The molecule has 0 bridgehead atoms. The van der Waals surface area contributed by atoms with E-state index < -0.39 is 67.9 Å². The summed E-state index contributed by atoms with van der Waals surface area (Å²) in [5.41, 5.74) is 3.84. The second-order valence-corrected chi connectivity index (χ2v) is 23.1. The van der Waals surface area contributed by atoms with E-state index in [-0.39, 0.29) is 92.8 Å². The van der Waals surface area contributed by atoms with E-state index in [2.05, 4.69) is 41.5 Å². The maximum absolute atomic E-state index is 13.7. The number of benzene rings is 4. The number of nitrogen functional groups attached to an aromatic ring is 1. The molecule has 1 aromatic heterocycles. The fourth-order valence-corrected chi connectivity index (χ4v) is 11.0. The first-order chi connectivity index (χ1) is 37.5. The summed E-state index contributed by atoms with van der Waals surface area (Å²) in [6.45, 7) is 7.37. The number of amides is 3. The molecule has 4 aromatic carbocycles. The minimum atomic E-state index is -5.05. The van der Waals surface area contributed by atoms with Crippen LogP contribution >= 0.6 is 21.9 Å². The number of anilines is 8. The Morgan fingerprint density at radius 3 is 1.90 bits per heavy atom. The summed E-state index contributed by atoms with van der Waals surface area (Å²) in [4.78, 5) is 74.2. The van der Waals surface area contributed by atoms with Gasteiger partial charge in [0.25, 0.3) is 42.2 Å². The first kappa shape index (κ1) is 61.1. The van der Waals surface area contributed by atoms with Crippen LogP contribution in [0.4, 0.5) is 46.3 Å². The van der Waals surface area contributed by atoms with Gasteiger partial charge in [-0.25, -0.2) is 0 Å². The molecule has 3 aliphatic rings. The molecule has 0 radical (unpaired) electrons. The van der Waals surface area contributed by atoms with Crippen molar-refractivity contribution >= 4 is 128 Å². The van der Waals surface area contributed by atoms with Gasteiger partial charge in [-0.15, -0.1) is 0 Å². The lowest BCUT2D eigenvalue weighted by Crippen LogP contribution is -2.38. The van der Waals surface area contributed by atoms with Gasteiger partial charge in [0, 0.05) is 60.2 Å². The molecule has 1 aliphatic heterocycles. The van der Waals surface area contributed by atoms with Crippen LogP contribution < -0.4 is 32.3 Å². The zero-order chi connectivity index (χ0) is 57.8. The van der Waals surface area contributed by atoms with Crippen LogP contribution in [0.15, 0.2) is 99.6 Å². The SMILES string of the molecule is CC.CCNc1nc(Nc2cccc(S(=O)(=O)O)c2)nc(Nc2ccc(Nc3cc(S(=O)(=O)O)c(N)c4c3C(=O)c3ccccc3C4=O)cc2S(=O)(=O)O)n1.O=C(NCCOSSCO)C1CCC(CN2C(=O)C=CC2=O)CC1. The summed E-state index contributed by atoms with van der Waals surface area (Å²) in [5.74, 6) is -2.13. The van der Waals surface area contributed by atoms with E-state index >= 15 is 0 Å². The summed E-state index contributed by atoms with van der Waals surface area (Å²) in [6, 6.07) is 15.0. The zero-order valence-electron chi connectivity index (χ0n) is 42.2. The predicted octanol–water partition coefficient (Wildman–Crippen LogP) is 5.75. The second kappa shape index (κ2) is 26.7. The van der Waals surface area contributed by atoms with Crippen LogP contribution in [-0.2, 0) is 48.9 Å². The Bertz CT molecular complexity index is 3510. The summed E-state index contributed by atoms with van der Waals surface area (Å²) in [6.07, 6.45) is 5.84. The zero-order valence-corrected chi connectivity index (χ0v) is 46.3. The molecule has 31 heteroatoms. The number of imide groups is 1. The van der Waals surface area contributed by atoms with Crippen LogP contribution in [-0.4, -0.2) is 125 Å². The molecule has 3 amide bonds. The van der Waals surface area contributed by atoms with E-state index in [4.69, 9.17) is 15.0 Å². The molecule has 11 N–H and O–H groups in total. The van der Waals surface area contributed by atoms with Crippen molar-refractivity contribution in [3.05, 3.63) is 107 Å². The number of aliphatic hydroxyl groups excluding tert-OH is 1. The van der Waals surface area contributed by atoms with Crippen LogP contribution in [0.1, 0.15) is 78.3 Å². The average Bonchev–Trinajstić information content (AvgIpc) is 3.82.